The highest BCUT2D eigenvalue weighted by Gasteiger charge is 1.82. The van der Waals surface area contributed by atoms with Crippen LogP contribution in [0.2, 0.25) is 0 Å². The third-order valence-corrected chi connectivity index (χ3v) is 0.667. The molecule has 3 nitrogen and oxygen atoms in total. The van der Waals surface area contributed by atoms with Crippen molar-refractivity contribution < 1.29 is 14.9 Å². The molecule has 0 saturated carbocycles. The van der Waals surface area contributed by atoms with Crippen LogP contribution < -0.4 is 0 Å². The van der Waals surface area contributed by atoms with E-state index in [0.717, 1.165) is 13.0 Å². The van der Waals surface area contributed by atoms with Crippen LogP contribution in [0.15, 0.2) is 0 Å². The van der Waals surface area contributed by atoms with Crippen molar-refractivity contribution in [2.24, 2.45) is 0 Å². The zero-order valence-corrected chi connectivity index (χ0v) is 5.09. The third kappa shape index (κ3) is 5.88. The van der Waals surface area contributed by atoms with Crippen LogP contribution in [0.5, 0.6) is 0 Å². The number of rotatable bonds is 5. The molecule has 50 valence electrons. The van der Waals surface area contributed by atoms with Gasteiger partial charge < -0.3 is 4.74 Å². The third-order valence-electron chi connectivity index (χ3n) is 0.667. The molecular weight excluding hydrogens is 108 g/mol. The molecule has 0 aromatic carbocycles. The maximum atomic E-state index is 7.79. The average molecular weight is 120 g/mol. The summed E-state index contributed by atoms with van der Waals surface area (Å²) in [4.78, 5) is 3.76. The molecule has 0 amide bonds. The van der Waals surface area contributed by atoms with Crippen LogP contribution in [0.4, 0.5) is 0 Å². The standard InChI is InChI=1S/C5H12O3/c1-2-3-7-4-5-8-6/h6H,2-5H2,1H3. The summed E-state index contributed by atoms with van der Waals surface area (Å²) in [6, 6.07) is 0. The van der Waals surface area contributed by atoms with Gasteiger partial charge in [0, 0.05) is 6.61 Å². The molecule has 0 heterocycles. The first-order chi connectivity index (χ1) is 3.91. The van der Waals surface area contributed by atoms with Gasteiger partial charge in [0.05, 0.1) is 6.61 Å². The molecule has 0 unspecified atom stereocenters. The lowest BCUT2D eigenvalue weighted by atomic mass is 10.5. The fourth-order valence-corrected chi connectivity index (χ4v) is 0.343. The topological polar surface area (TPSA) is 38.7 Å². The molecule has 0 fully saturated rings. The van der Waals surface area contributed by atoms with Crippen molar-refractivity contribution in [2.75, 3.05) is 19.8 Å². The summed E-state index contributed by atoms with van der Waals surface area (Å²) in [5.41, 5.74) is 0. The van der Waals surface area contributed by atoms with Gasteiger partial charge in [-0.05, 0) is 6.42 Å². The highest BCUT2D eigenvalue weighted by molar-refractivity contribution is 4.25. The molecule has 3 heteroatoms. The average Bonchev–Trinajstić information content (AvgIpc) is 1.81. The Morgan fingerprint density at radius 1 is 1.25 bits per heavy atom. The number of hydrogen-bond acceptors (Lipinski definition) is 3. The SMILES string of the molecule is CCCOCCOO. The summed E-state index contributed by atoms with van der Waals surface area (Å²) in [5, 5.41) is 7.79. The Kier molecular flexibility index (Phi) is 6.78. The van der Waals surface area contributed by atoms with E-state index >= 15 is 0 Å². The second-order valence-corrected chi connectivity index (χ2v) is 1.45. The van der Waals surface area contributed by atoms with Crippen molar-refractivity contribution in [3.05, 3.63) is 0 Å². The largest absolute Gasteiger partial charge is 0.379 e. The van der Waals surface area contributed by atoms with E-state index in [1.165, 1.54) is 0 Å². The van der Waals surface area contributed by atoms with Gasteiger partial charge in [-0.3, -0.25) is 5.26 Å². The van der Waals surface area contributed by atoms with E-state index in [1.807, 2.05) is 6.92 Å². The van der Waals surface area contributed by atoms with Gasteiger partial charge in [0.2, 0.25) is 0 Å². The molecule has 0 radical (unpaired) electrons. The molecule has 0 saturated heterocycles. The smallest absolute Gasteiger partial charge is 0.105 e. The van der Waals surface area contributed by atoms with Gasteiger partial charge in [-0.15, -0.1) is 0 Å². The van der Waals surface area contributed by atoms with E-state index < -0.39 is 0 Å². The lowest BCUT2D eigenvalue weighted by Crippen LogP contribution is -2.01. The van der Waals surface area contributed by atoms with Crippen LogP contribution in [0.1, 0.15) is 13.3 Å². The number of ether oxygens (including phenoxy) is 1. The second-order valence-electron chi connectivity index (χ2n) is 1.45. The molecule has 0 spiro atoms. The van der Waals surface area contributed by atoms with Gasteiger partial charge in [-0.2, -0.15) is 0 Å². The van der Waals surface area contributed by atoms with Crippen molar-refractivity contribution in [3.63, 3.8) is 0 Å². The van der Waals surface area contributed by atoms with Crippen molar-refractivity contribution in [1.82, 2.24) is 0 Å². The molecule has 0 aliphatic carbocycles. The monoisotopic (exact) mass is 120 g/mol. The van der Waals surface area contributed by atoms with Gasteiger partial charge >= 0.3 is 0 Å². The van der Waals surface area contributed by atoms with Gasteiger partial charge in [0.15, 0.2) is 0 Å². The van der Waals surface area contributed by atoms with Crippen LogP contribution >= 0.6 is 0 Å². The van der Waals surface area contributed by atoms with Crippen LogP contribution in [0, 0.1) is 0 Å². The molecule has 0 bridgehead atoms. The lowest BCUT2D eigenvalue weighted by Gasteiger charge is -1.97. The fourth-order valence-electron chi connectivity index (χ4n) is 0.343. The first kappa shape index (κ1) is 7.88. The second kappa shape index (κ2) is 6.88. The Morgan fingerprint density at radius 3 is 2.50 bits per heavy atom. The fraction of sp³-hybridized carbons (Fsp3) is 1.00. The minimum atomic E-state index is 0.264. The van der Waals surface area contributed by atoms with Crippen molar-refractivity contribution in [2.45, 2.75) is 13.3 Å². The Labute approximate surface area is 49.1 Å². The van der Waals surface area contributed by atoms with Gasteiger partial charge in [0.25, 0.3) is 0 Å². The maximum absolute atomic E-state index is 7.79. The van der Waals surface area contributed by atoms with E-state index in [4.69, 9.17) is 9.99 Å². The molecule has 0 atom stereocenters. The quantitative estimate of drug-likeness (QED) is 0.333. The first-order valence-electron chi connectivity index (χ1n) is 2.76. The Morgan fingerprint density at radius 2 is 2.00 bits per heavy atom. The molecule has 0 aliphatic rings. The Balaban J connectivity index is 2.53. The first-order valence-corrected chi connectivity index (χ1v) is 2.76. The predicted octanol–water partition coefficient (Wildman–Crippen LogP) is 0.903. The van der Waals surface area contributed by atoms with Crippen molar-refractivity contribution >= 4 is 0 Å². The molecule has 0 aromatic rings. The van der Waals surface area contributed by atoms with Crippen LogP contribution in [0.3, 0.4) is 0 Å². The zero-order chi connectivity index (χ0) is 6.24. The minimum absolute atomic E-state index is 0.264. The molecular formula is C5H12O3. The summed E-state index contributed by atoms with van der Waals surface area (Å²) >= 11 is 0. The van der Waals surface area contributed by atoms with E-state index in [1.54, 1.807) is 0 Å². The summed E-state index contributed by atoms with van der Waals surface area (Å²) < 4.78 is 4.94. The Bertz CT molecular complexity index is 32.7. The molecule has 0 rings (SSSR count). The van der Waals surface area contributed by atoms with E-state index in [2.05, 4.69) is 4.89 Å². The summed E-state index contributed by atoms with van der Waals surface area (Å²) in [7, 11) is 0. The van der Waals surface area contributed by atoms with Crippen LogP contribution in [-0.4, -0.2) is 25.1 Å². The van der Waals surface area contributed by atoms with Gasteiger partial charge in [-0.25, -0.2) is 4.89 Å². The van der Waals surface area contributed by atoms with E-state index in [-0.39, 0.29) is 6.61 Å². The van der Waals surface area contributed by atoms with Gasteiger partial charge in [-0.1, -0.05) is 6.92 Å². The van der Waals surface area contributed by atoms with Crippen molar-refractivity contribution in [3.8, 4) is 0 Å². The molecule has 1 N–H and O–H groups in total. The predicted molar refractivity (Wildman–Crippen MR) is 29.7 cm³/mol. The molecule has 8 heavy (non-hydrogen) atoms. The highest BCUT2D eigenvalue weighted by Crippen LogP contribution is 1.78. The molecule has 0 aliphatic heterocycles. The van der Waals surface area contributed by atoms with Crippen molar-refractivity contribution in [1.29, 1.82) is 0 Å². The molecule has 0 aromatic heterocycles. The summed E-state index contributed by atoms with van der Waals surface area (Å²) in [6.45, 7) is 3.51. The Hall–Kier alpha value is -0.120. The number of hydrogen-bond donors (Lipinski definition) is 1. The van der Waals surface area contributed by atoms with E-state index in [0.29, 0.717) is 6.61 Å². The lowest BCUT2D eigenvalue weighted by molar-refractivity contribution is -0.249. The zero-order valence-electron chi connectivity index (χ0n) is 5.09. The maximum Gasteiger partial charge on any atom is 0.105 e. The normalized spacial score (nSPS) is 9.75. The van der Waals surface area contributed by atoms with Crippen LogP contribution in [-0.2, 0) is 9.62 Å². The highest BCUT2D eigenvalue weighted by atomic mass is 17.1. The summed E-state index contributed by atoms with van der Waals surface area (Å²) in [6.07, 6.45) is 1.01. The van der Waals surface area contributed by atoms with E-state index in [9.17, 15) is 0 Å². The van der Waals surface area contributed by atoms with Crippen LogP contribution in [0.25, 0.3) is 0 Å². The van der Waals surface area contributed by atoms with Gasteiger partial charge in [0.1, 0.15) is 6.61 Å². The minimum Gasteiger partial charge on any atom is -0.379 e. The summed E-state index contributed by atoms with van der Waals surface area (Å²) in [5.74, 6) is 0.